The van der Waals surface area contributed by atoms with Crippen LogP contribution >= 0.6 is 0 Å². The van der Waals surface area contributed by atoms with Crippen LogP contribution in [0.5, 0.6) is 0 Å². The average Bonchev–Trinajstić information content (AvgIpc) is 1.65. The van der Waals surface area contributed by atoms with Gasteiger partial charge in [-0.25, -0.2) is 4.21 Å². The normalized spacial score (nSPS) is 12.8. The summed E-state index contributed by atoms with van der Waals surface area (Å²) in [5.41, 5.74) is 0. The van der Waals surface area contributed by atoms with Crippen LogP contribution in [0.2, 0.25) is 0 Å². The average molecular weight is 136 g/mol. The second-order valence-corrected chi connectivity index (χ2v) is 2.52. The summed E-state index contributed by atoms with van der Waals surface area (Å²) in [5, 5.41) is 0. The monoisotopic (exact) mass is 136 g/mol. The molecule has 0 aromatic carbocycles. The molecule has 0 N–H and O–H groups in total. The Balaban J connectivity index is 3.40. The topological polar surface area (TPSA) is 43.4 Å². The molecule has 4 heteroatoms. The highest BCUT2D eigenvalue weighted by molar-refractivity contribution is 7.80. The van der Waals surface area contributed by atoms with Gasteiger partial charge in [-0.1, -0.05) is 6.92 Å². The maximum atomic E-state index is 10.3. The lowest BCUT2D eigenvalue weighted by atomic mass is 10.9. The van der Waals surface area contributed by atoms with Crippen LogP contribution in [0.15, 0.2) is 0 Å². The molecule has 0 saturated carbocycles. The Morgan fingerprint density at radius 3 is 2.38 bits per heavy atom. The van der Waals surface area contributed by atoms with Crippen molar-refractivity contribution < 1.29 is 13.2 Å². The second kappa shape index (κ2) is 3.60. The van der Waals surface area contributed by atoms with Gasteiger partial charge in [0, 0.05) is 6.92 Å². The summed E-state index contributed by atoms with van der Waals surface area (Å²) < 4.78 is 14.5. The molecule has 0 amide bonds. The molecule has 0 saturated heterocycles. The number of carbonyl (C=O) groups is 1. The molecule has 0 aliphatic carbocycles. The SMILES string of the molecule is CCS(=O)OC(C)=O. The van der Waals surface area contributed by atoms with E-state index in [1.807, 2.05) is 0 Å². The summed E-state index contributed by atoms with van der Waals surface area (Å²) in [7, 11) is 0. The zero-order valence-electron chi connectivity index (χ0n) is 4.84. The van der Waals surface area contributed by atoms with Gasteiger partial charge < -0.3 is 4.18 Å². The van der Waals surface area contributed by atoms with Crippen molar-refractivity contribution in [3.8, 4) is 0 Å². The van der Waals surface area contributed by atoms with E-state index < -0.39 is 17.0 Å². The van der Waals surface area contributed by atoms with E-state index in [1.54, 1.807) is 6.92 Å². The summed E-state index contributed by atoms with van der Waals surface area (Å²) in [5.74, 6) is -0.135. The fraction of sp³-hybridized carbons (Fsp3) is 0.750. The Hall–Kier alpha value is -0.380. The molecule has 0 bridgehead atoms. The number of hydrogen-bond donors (Lipinski definition) is 0. The lowest BCUT2D eigenvalue weighted by molar-refractivity contribution is -0.130. The summed E-state index contributed by atoms with van der Waals surface area (Å²) in [6.45, 7) is 2.91. The zero-order chi connectivity index (χ0) is 6.57. The first-order chi connectivity index (χ1) is 3.66. The highest BCUT2D eigenvalue weighted by Crippen LogP contribution is 1.83. The van der Waals surface area contributed by atoms with Crippen LogP contribution in [0.25, 0.3) is 0 Å². The van der Waals surface area contributed by atoms with E-state index in [4.69, 9.17) is 0 Å². The maximum Gasteiger partial charge on any atom is 0.316 e. The molecule has 0 aromatic heterocycles. The van der Waals surface area contributed by atoms with Gasteiger partial charge in [0.05, 0.1) is 5.75 Å². The summed E-state index contributed by atoms with van der Waals surface area (Å²) in [6.07, 6.45) is 0. The van der Waals surface area contributed by atoms with E-state index in [1.165, 1.54) is 6.92 Å². The van der Waals surface area contributed by atoms with Gasteiger partial charge in [0.1, 0.15) is 0 Å². The van der Waals surface area contributed by atoms with Gasteiger partial charge in [-0.3, -0.25) is 4.79 Å². The largest absolute Gasteiger partial charge is 0.364 e. The third kappa shape index (κ3) is 3.80. The molecule has 0 heterocycles. The molecule has 0 fully saturated rings. The van der Waals surface area contributed by atoms with Gasteiger partial charge in [0.25, 0.3) is 0 Å². The van der Waals surface area contributed by atoms with Crippen LogP contribution in [0.1, 0.15) is 13.8 Å². The molecule has 0 aromatic rings. The minimum Gasteiger partial charge on any atom is -0.364 e. The Bertz CT molecular complexity index is 110. The lowest BCUT2D eigenvalue weighted by Crippen LogP contribution is -2.03. The predicted octanol–water partition coefficient (Wildman–Crippen LogP) is 0.233. The van der Waals surface area contributed by atoms with Gasteiger partial charge in [0.2, 0.25) is 11.1 Å². The predicted molar refractivity (Wildman–Crippen MR) is 30.4 cm³/mol. The summed E-state index contributed by atoms with van der Waals surface area (Å²) in [4.78, 5) is 10.00. The van der Waals surface area contributed by atoms with Crippen molar-refractivity contribution in [3.63, 3.8) is 0 Å². The molecule has 1 atom stereocenters. The molecule has 3 nitrogen and oxygen atoms in total. The second-order valence-electron chi connectivity index (χ2n) is 1.17. The molecule has 1 unspecified atom stereocenters. The van der Waals surface area contributed by atoms with Crippen LogP contribution in [0.3, 0.4) is 0 Å². The number of rotatable bonds is 2. The Morgan fingerprint density at radius 2 is 2.25 bits per heavy atom. The highest BCUT2D eigenvalue weighted by Gasteiger charge is 1.97. The van der Waals surface area contributed by atoms with Crippen molar-refractivity contribution >= 4 is 17.0 Å². The molecular formula is C4H8O3S. The smallest absolute Gasteiger partial charge is 0.316 e. The van der Waals surface area contributed by atoms with Gasteiger partial charge in [-0.15, -0.1) is 0 Å². The van der Waals surface area contributed by atoms with E-state index >= 15 is 0 Å². The minimum atomic E-state index is -1.41. The van der Waals surface area contributed by atoms with Crippen molar-refractivity contribution in [1.82, 2.24) is 0 Å². The van der Waals surface area contributed by atoms with Crippen molar-refractivity contribution in [3.05, 3.63) is 0 Å². The van der Waals surface area contributed by atoms with Crippen molar-refractivity contribution in [1.29, 1.82) is 0 Å². The molecule has 0 aliphatic heterocycles. The van der Waals surface area contributed by atoms with Gasteiger partial charge >= 0.3 is 5.97 Å². The maximum absolute atomic E-state index is 10.3. The molecule has 48 valence electrons. The van der Waals surface area contributed by atoms with Crippen LogP contribution in [-0.4, -0.2) is 15.9 Å². The molecule has 8 heavy (non-hydrogen) atoms. The van der Waals surface area contributed by atoms with Crippen LogP contribution in [0.4, 0.5) is 0 Å². The lowest BCUT2D eigenvalue weighted by Gasteiger charge is -1.93. The Labute approximate surface area is 50.7 Å². The van der Waals surface area contributed by atoms with Gasteiger partial charge in [0.15, 0.2) is 0 Å². The molecule has 0 rings (SSSR count). The van der Waals surface area contributed by atoms with E-state index in [0.29, 0.717) is 5.75 Å². The molecule has 0 spiro atoms. The number of carbonyl (C=O) groups excluding carboxylic acids is 1. The number of hydrogen-bond acceptors (Lipinski definition) is 3. The van der Waals surface area contributed by atoms with E-state index in [-0.39, 0.29) is 0 Å². The first kappa shape index (κ1) is 7.62. The van der Waals surface area contributed by atoms with E-state index in [0.717, 1.165) is 0 Å². The highest BCUT2D eigenvalue weighted by atomic mass is 32.2. The third-order valence-electron chi connectivity index (χ3n) is 0.446. The van der Waals surface area contributed by atoms with Crippen molar-refractivity contribution in [2.24, 2.45) is 0 Å². The van der Waals surface area contributed by atoms with Gasteiger partial charge in [-0.05, 0) is 0 Å². The first-order valence-electron chi connectivity index (χ1n) is 2.24. The zero-order valence-corrected chi connectivity index (χ0v) is 5.66. The fourth-order valence-corrected chi connectivity index (χ4v) is 0.569. The standard InChI is InChI=1S/C4H8O3S/c1-3-8(6)7-4(2)5/h3H2,1-2H3. The minimum absolute atomic E-state index is 0.361. The van der Waals surface area contributed by atoms with E-state index in [9.17, 15) is 9.00 Å². The van der Waals surface area contributed by atoms with Crippen LogP contribution in [0, 0.1) is 0 Å². The Kier molecular flexibility index (Phi) is 3.43. The van der Waals surface area contributed by atoms with Crippen molar-refractivity contribution in [2.45, 2.75) is 13.8 Å². The quantitative estimate of drug-likeness (QED) is 0.546. The molecular weight excluding hydrogens is 128 g/mol. The van der Waals surface area contributed by atoms with Gasteiger partial charge in [-0.2, -0.15) is 0 Å². The summed E-state index contributed by atoms with van der Waals surface area (Å²) >= 11 is -1.41. The Morgan fingerprint density at radius 1 is 1.75 bits per heavy atom. The fourth-order valence-electron chi connectivity index (χ4n) is 0.190. The summed E-state index contributed by atoms with van der Waals surface area (Å²) in [6, 6.07) is 0. The van der Waals surface area contributed by atoms with E-state index in [2.05, 4.69) is 4.18 Å². The molecule has 0 aliphatic rings. The third-order valence-corrected chi connectivity index (χ3v) is 1.34. The first-order valence-corrected chi connectivity index (χ1v) is 3.48. The van der Waals surface area contributed by atoms with Crippen LogP contribution < -0.4 is 0 Å². The van der Waals surface area contributed by atoms with Crippen LogP contribution in [-0.2, 0) is 20.1 Å². The van der Waals surface area contributed by atoms with Crippen molar-refractivity contribution in [2.75, 3.05) is 5.75 Å². The molecule has 0 radical (unpaired) electrons.